The SMILES string of the molecule is CC(NC1CN(C(=O)Nc2cccc(Oc3ccccc3)c2)C1)c1ccccc1Cl. The third kappa shape index (κ3) is 4.93. The summed E-state index contributed by atoms with van der Waals surface area (Å²) in [6.07, 6.45) is 0. The van der Waals surface area contributed by atoms with Gasteiger partial charge in [0.2, 0.25) is 0 Å². The number of likely N-dealkylation sites (tertiary alicyclic amines) is 1. The lowest BCUT2D eigenvalue weighted by molar-refractivity contribution is 0.143. The Bertz CT molecular complexity index is 1010. The number of nitrogens with zero attached hydrogens (tertiary/aromatic N) is 1. The fraction of sp³-hybridized carbons (Fsp3) is 0.208. The highest BCUT2D eigenvalue weighted by molar-refractivity contribution is 6.31. The fourth-order valence-electron chi connectivity index (χ4n) is 3.48. The first kappa shape index (κ1) is 20.3. The van der Waals surface area contributed by atoms with E-state index >= 15 is 0 Å². The standard InChI is InChI=1S/C24H24ClN3O2/c1-17(22-12-5-6-13-23(22)25)26-19-15-28(16-19)24(29)27-18-8-7-11-21(14-18)30-20-9-3-2-4-10-20/h2-14,17,19,26H,15-16H2,1H3,(H,27,29). The number of nitrogens with one attached hydrogen (secondary N) is 2. The molecule has 4 rings (SSSR count). The van der Waals surface area contributed by atoms with E-state index < -0.39 is 0 Å². The van der Waals surface area contributed by atoms with Gasteiger partial charge in [0.25, 0.3) is 0 Å². The second-order valence-corrected chi connectivity index (χ2v) is 7.79. The number of hydrogen-bond acceptors (Lipinski definition) is 3. The van der Waals surface area contributed by atoms with Gasteiger partial charge in [-0.1, -0.05) is 54.1 Å². The smallest absolute Gasteiger partial charge is 0.321 e. The lowest BCUT2D eigenvalue weighted by Gasteiger charge is -2.41. The highest BCUT2D eigenvalue weighted by Crippen LogP contribution is 2.26. The second kappa shape index (κ2) is 9.20. The number of carbonyl (C=O) groups is 1. The zero-order valence-corrected chi connectivity index (χ0v) is 17.5. The van der Waals surface area contributed by atoms with Crippen molar-refractivity contribution in [1.82, 2.24) is 10.2 Å². The molecule has 1 atom stereocenters. The van der Waals surface area contributed by atoms with E-state index in [0.717, 1.165) is 16.3 Å². The van der Waals surface area contributed by atoms with Crippen molar-refractivity contribution < 1.29 is 9.53 Å². The van der Waals surface area contributed by atoms with Crippen LogP contribution in [-0.4, -0.2) is 30.1 Å². The Labute approximate surface area is 181 Å². The molecule has 0 spiro atoms. The van der Waals surface area contributed by atoms with Gasteiger partial charge in [-0.25, -0.2) is 4.79 Å². The summed E-state index contributed by atoms with van der Waals surface area (Å²) in [7, 11) is 0. The first-order chi connectivity index (χ1) is 14.6. The number of ether oxygens (including phenoxy) is 1. The molecule has 3 aromatic rings. The van der Waals surface area contributed by atoms with Gasteiger partial charge in [0, 0.05) is 41.9 Å². The van der Waals surface area contributed by atoms with E-state index in [2.05, 4.69) is 17.6 Å². The zero-order chi connectivity index (χ0) is 20.9. The molecule has 1 aliphatic heterocycles. The van der Waals surface area contributed by atoms with Crippen molar-refractivity contribution in [3.8, 4) is 11.5 Å². The van der Waals surface area contributed by atoms with Crippen LogP contribution in [0.3, 0.4) is 0 Å². The van der Waals surface area contributed by atoms with E-state index in [-0.39, 0.29) is 18.1 Å². The molecule has 30 heavy (non-hydrogen) atoms. The summed E-state index contributed by atoms with van der Waals surface area (Å²) in [5.41, 5.74) is 1.77. The van der Waals surface area contributed by atoms with E-state index in [1.54, 1.807) is 4.90 Å². The molecule has 6 heteroatoms. The Morgan fingerprint density at radius 2 is 1.70 bits per heavy atom. The van der Waals surface area contributed by atoms with Crippen LogP contribution in [0.25, 0.3) is 0 Å². The van der Waals surface area contributed by atoms with Gasteiger partial charge in [-0.3, -0.25) is 0 Å². The van der Waals surface area contributed by atoms with Crippen LogP contribution in [-0.2, 0) is 0 Å². The quantitative estimate of drug-likeness (QED) is 0.536. The molecule has 1 saturated heterocycles. The summed E-state index contributed by atoms with van der Waals surface area (Å²) < 4.78 is 5.83. The van der Waals surface area contributed by atoms with Crippen molar-refractivity contribution in [1.29, 1.82) is 0 Å². The predicted octanol–water partition coefficient (Wildman–Crippen LogP) is 5.70. The molecule has 0 aliphatic carbocycles. The molecular formula is C24H24ClN3O2. The Morgan fingerprint density at radius 3 is 2.47 bits per heavy atom. The Hall–Kier alpha value is -3.02. The molecule has 1 fully saturated rings. The van der Waals surface area contributed by atoms with Crippen LogP contribution in [0.1, 0.15) is 18.5 Å². The molecule has 0 saturated carbocycles. The molecule has 2 amide bonds. The van der Waals surface area contributed by atoms with Crippen LogP contribution in [0.5, 0.6) is 11.5 Å². The fourth-order valence-corrected chi connectivity index (χ4v) is 3.78. The number of rotatable bonds is 6. The van der Waals surface area contributed by atoms with E-state index in [0.29, 0.717) is 24.5 Å². The minimum Gasteiger partial charge on any atom is -0.457 e. The summed E-state index contributed by atoms with van der Waals surface area (Å²) >= 11 is 6.27. The van der Waals surface area contributed by atoms with Crippen LogP contribution >= 0.6 is 11.6 Å². The van der Waals surface area contributed by atoms with Crippen LogP contribution in [0.15, 0.2) is 78.9 Å². The van der Waals surface area contributed by atoms with Crippen molar-refractivity contribution in [3.05, 3.63) is 89.4 Å². The van der Waals surface area contributed by atoms with Gasteiger partial charge >= 0.3 is 6.03 Å². The number of anilines is 1. The first-order valence-electron chi connectivity index (χ1n) is 9.98. The summed E-state index contributed by atoms with van der Waals surface area (Å²) in [6.45, 7) is 3.39. The molecular weight excluding hydrogens is 398 g/mol. The second-order valence-electron chi connectivity index (χ2n) is 7.38. The maximum atomic E-state index is 12.5. The normalized spacial score (nSPS) is 14.7. The van der Waals surface area contributed by atoms with E-state index in [9.17, 15) is 4.79 Å². The molecule has 1 unspecified atom stereocenters. The van der Waals surface area contributed by atoms with Crippen LogP contribution in [0.4, 0.5) is 10.5 Å². The highest BCUT2D eigenvalue weighted by Gasteiger charge is 2.31. The summed E-state index contributed by atoms with van der Waals surface area (Å²) in [4.78, 5) is 14.3. The number of amides is 2. The molecule has 154 valence electrons. The number of carbonyl (C=O) groups excluding carboxylic acids is 1. The lowest BCUT2D eigenvalue weighted by atomic mass is 10.0. The van der Waals surface area contributed by atoms with E-state index in [1.807, 2.05) is 78.9 Å². The molecule has 1 aliphatic rings. The molecule has 3 aromatic carbocycles. The number of para-hydroxylation sites is 1. The zero-order valence-electron chi connectivity index (χ0n) is 16.7. The van der Waals surface area contributed by atoms with Gasteiger partial charge in [-0.05, 0) is 42.8 Å². The van der Waals surface area contributed by atoms with Crippen molar-refractivity contribution in [2.45, 2.75) is 19.0 Å². The van der Waals surface area contributed by atoms with E-state index in [1.165, 1.54) is 0 Å². The average Bonchev–Trinajstić information content (AvgIpc) is 2.71. The molecule has 2 N–H and O–H groups in total. The van der Waals surface area contributed by atoms with Crippen LogP contribution in [0, 0.1) is 0 Å². The van der Waals surface area contributed by atoms with Gasteiger partial charge in [0.1, 0.15) is 11.5 Å². The molecule has 0 bridgehead atoms. The van der Waals surface area contributed by atoms with Crippen LogP contribution < -0.4 is 15.4 Å². The first-order valence-corrected chi connectivity index (χ1v) is 10.4. The van der Waals surface area contributed by atoms with Gasteiger partial charge < -0.3 is 20.3 Å². The Balaban J connectivity index is 1.28. The molecule has 0 aromatic heterocycles. The summed E-state index contributed by atoms with van der Waals surface area (Å²) in [5.74, 6) is 1.43. The summed E-state index contributed by atoms with van der Waals surface area (Å²) in [6, 6.07) is 25.0. The van der Waals surface area contributed by atoms with Crippen molar-refractivity contribution in [2.24, 2.45) is 0 Å². The maximum Gasteiger partial charge on any atom is 0.321 e. The minimum absolute atomic E-state index is 0.115. The number of halogens is 1. The third-order valence-corrected chi connectivity index (χ3v) is 5.43. The Kier molecular flexibility index (Phi) is 6.21. The van der Waals surface area contributed by atoms with Crippen molar-refractivity contribution in [2.75, 3.05) is 18.4 Å². The number of benzene rings is 3. The summed E-state index contributed by atoms with van der Waals surface area (Å²) in [5, 5.41) is 7.23. The highest BCUT2D eigenvalue weighted by atomic mass is 35.5. The van der Waals surface area contributed by atoms with Gasteiger partial charge in [-0.15, -0.1) is 0 Å². The maximum absolute atomic E-state index is 12.5. The largest absolute Gasteiger partial charge is 0.457 e. The lowest BCUT2D eigenvalue weighted by Crippen LogP contribution is -2.61. The van der Waals surface area contributed by atoms with E-state index in [4.69, 9.17) is 16.3 Å². The third-order valence-electron chi connectivity index (χ3n) is 5.09. The monoisotopic (exact) mass is 421 g/mol. The molecule has 5 nitrogen and oxygen atoms in total. The van der Waals surface area contributed by atoms with Crippen molar-refractivity contribution >= 4 is 23.3 Å². The van der Waals surface area contributed by atoms with Gasteiger partial charge in [-0.2, -0.15) is 0 Å². The molecule has 1 heterocycles. The van der Waals surface area contributed by atoms with Gasteiger partial charge in [0.05, 0.1) is 0 Å². The number of hydrogen-bond donors (Lipinski definition) is 2. The topological polar surface area (TPSA) is 53.6 Å². The van der Waals surface area contributed by atoms with Crippen molar-refractivity contribution in [3.63, 3.8) is 0 Å². The molecule has 0 radical (unpaired) electrons. The van der Waals surface area contributed by atoms with Gasteiger partial charge in [0.15, 0.2) is 0 Å². The Morgan fingerprint density at radius 1 is 1.00 bits per heavy atom. The predicted molar refractivity (Wildman–Crippen MR) is 120 cm³/mol. The number of urea groups is 1. The van der Waals surface area contributed by atoms with Crippen LogP contribution in [0.2, 0.25) is 5.02 Å². The average molecular weight is 422 g/mol. The minimum atomic E-state index is -0.115.